The van der Waals surface area contributed by atoms with Crippen LogP contribution in [0.3, 0.4) is 0 Å². The van der Waals surface area contributed by atoms with Crippen molar-refractivity contribution in [2.75, 3.05) is 27.2 Å². The molecular weight excluding hydrogens is 456 g/mol. The summed E-state index contributed by atoms with van der Waals surface area (Å²) in [5, 5.41) is 0. The van der Waals surface area contributed by atoms with Gasteiger partial charge in [-0.2, -0.15) is 0 Å². The highest BCUT2D eigenvalue weighted by atomic mass is 16.2. The summed E-state index contributed by atoms with van der Waals surface area (Å²) >= 11 is 0. The second kappa shape index (κ2) is 11.8. The first-order chi connectivity index (χ1) is 18.0. The van der Waals surface area contributed by atoms with Gasteiger partial charge in [0, 0.05) is 30.6 Å². The van der Waals surface area contributed by atoms with Gasteiger partial charge >= 0.3 is 0 Å². The van der Waals surface area contributed by atoms with E-state index in [1.54, 1.807) is 0 Å². The van der Waals surface area contributed by atoms with Gasteiger partial charge in [0.1, 0.15) is 5.82 Å². The number of hydrogen-bond donors (Lipinski definition) is 1. The molecule has 1 unspecified atom stereocenters. The predicted molar refractivity (Wildman–Crippen MR) is 153 cm³/mol. The van der Waals surface area contributed by atoms with Crippen molar-refractivity contribution in [3.8, 4) is 11.4 Å². The Morgan fingerprint density at radius 3 is 2.41 bits per heavy atom. The number of likely N-dealkylation sites (tertiary alicyclic amines) is 1. The maximum atomic E-state index is 13.3. The number of para-hydroxylation sites is 2. The first kappa shape index (κ1) is 26.0. The monoisotopic (exact) mass is 500 g/mol. The maximum Gasteiger partial charge on any atom is 0.225 e. The molecule has 0 bridgehead atoms. The molecule has 1 saturated heterocycles. The average molecular weight is 501 g/mol. The summed E-state index contributed by atoms with van der Waals surface area (Å²) in [7, 11) is 4.27. The van der Waals surface area contributed by atoms with Crippen LogP contribution in [0.15, 0.2) is 42.5 Å². The average Bonchev–Trinajstić information content (AvgIpc) is 3.58. The minimum atomic E-state index is 0.223. The second-order valence-electron chi connectivity index (χ2n) is 11.5. The molecule has 0 spiro atoms. The topological polar surface area (TPSA) is 52.2 Å². The first-order valence-corrected chi connectivity index (χ1v) is 14.6. The van der Waals surface area contributed by atoms with Crippen LogP contribution in [0.1, 0.15) is 81.8 Å². The lowest BCUT2D eigenvalue weighted by molar-refractivity contribution is -0.135. The van der Waals surface area contributed by atoms with Crippen molar-refractivity contribution in [2.45, 2.75) is 83.1 Å². The fourth-order valence-corrected chi connectivity index (χ4v) is 6.51. The molecule has 1 aliphatic carbocycles. The summed E-state index contributed by atoms with van der Waals surface area (Å²) < 4.78 is 0. The van der Waals surface area contributed by atoms with Gasteiger partial charge in [-0.3, -0.25) is 4.79 Å². The number of fused-ring (bicyclic) bond motifs is 1. The number of benzene rings is 2. The number of carbonyl (C=O) groups is 1. The van der Waals surface area contributed by atoms with Crippen molar-refractivity contribution in [1.82, 2.24) is 19.8 Å². The molecule has 0 radical (unpaired) electrons. The molecular formula is C32H44N4O. The highest BCUT2D eigenvalue weighted by Gasteiger charge is 2.31. The summed E-state index contributed by atoms with van der Waals surface area (Å²) in [6.07, 6.45) is 11.3. The zero-order valence-electron chi connectivity index (χ0n) is 23.0. The molecule has 1 aliphatic heterocycles. The number of hydrogen-bond acceptors (Lipinski definition) is 3. The van der Waals surface area contributed by atoms with E-state index >= 15 is 0 Å². The van der Waals surface area contributed by atoms with Crippen LogP contribution in [-0.4, -0.2) is 58.9 Å². The van der Waals surface area contributed by atoms with Gasteiger partial charge in [-0.05, 0) is 87.9 Å². The van der Waals surface area contributed by atoms with Gasteiger partial charge in [0.25, 0.3) is 0 Å². The molecule has 2 heterocycles. The normalized spacial score (nSPS) is 23.6. The van der Waals surface area contributed by atoms with Gasteiger partial charge < -0.3 is 14.8 Å². The van der Waals surface area contributed by atoms with Crippen molar-refractivity contribution in [3.63, 3.8) is 0 Å². The molecule has 37 heavy (non-hydrogen) atoms. The number of amides is 1. The van der Waals surface area contributed by atoms with E-state index in [1.165, 1.54) is 42.4 Å². The molecule has 1 atom stereocenters. The zero-order chi connectivity index (χ0) is 25.8. The van der Waals surface area contributed by atoms with Gasteiger partial charge in [0.15, 0.2) is 0 Å². The Morgan fingerprint density at radius 2 is 1.73 bits per heavy atom. The quantitative estimate of drug-likeness (QED) is 0.420. The van der Waals surface area contributed by atoms with E-state index in [0.717, 1.165) is 68.5 Å². The zero-order valence-corrected chi connectivity index (χ0v) is 23.0. The molecule has 2 fully saturated rings. The molecule has 1 amide bonds. The van der Waals surface area contributed by atoms with E-state index in [4.69, 9.17) is 4.98 Å². The van der Waals surface area contributed by atoms with Crippen molar-refractivity contribution in [2.24, 2.45) is 5.92 Å². The third-order valence-corrected chi connectivity index (χ3v) is 8.90. The van der Waals surface area contributed by atoms with Crippen molar-refractivity contribution < 1.29 is 4.79 Å². The lowest BCUT2D eigenvalue weighted by atomic mass is 9.83. The predicted octanol–water partition coefficient (Wildman–Crippen LogP) is 6.79. The Hall–Kier alpha value is -2.66. The van der Waals surface area contributed by atoms with Crippen LogP contribution < -0.4 is 0 Å². The number of H-pyrrole nitrogens is 1. The first-order valence-electron chi connectivity index (χ1n) is 14.6. The molecule has 1 aromatic heterocycles. The maximum absolute atomic E-state index is 13.3. The largest absolute Gasteiger partial charge is 0.341 e. The molecule has 2 aliphatic rings. The van der Waals surface area contributed by atoms with Crippen LogP contribution >= 0.6 is 0 Å². The third kappa shape index (κ3) is 5.93. The summed E-state index contributed by atoms with van der Waals surface area (Å²) in [5.74, 6) is 2.22. The van der Waals surface area contributed by atoms with E-state index in [9.17, 15) is 4.79 Å². The minimum Gasteiger partial charge on any atom is -0.341 e. The lowest BCUT2D eigenvalue weighted by Crippen LogP contribution is -2.37. The Labute approximate surface area is 222 Å². The standard InChI is InChI=1S/C32H44N4O/c1-4-23-17-18-26(21-28(23)31-33-29-15-9-10-16-30(29)34-31)24-11-5-7-13-25(14-8-6-12-24)32(37)36-20-19-27(22-36)35(2)3/h9-10,15-18,21,24-25,27H,4-8,11-14,19-20,22H2,1-3H3,(H,33,34). The van der Waals surface area contributed by atoms with Gasteiger partial charge in [-0.1, -0.05) is 56.9 Å². The number of aromatic amines is 1. The molecule has 5 nitrogen and oxygen atoms in total. The van der Waals surface area contributed by atoms with Gasteiger partial charge in [-0.25, -0.2) is 4.98 Å². The lowest BCUT2D eigenvalue weighted by Gasteiger charge is -2.26. The molecule has 1 saturated carbocycles. The number of nitrogens with zero attached hydrogens (tertiary/aromatic N) is 3. The van der Waals surface area contributed by atoms with Gasteiger partial charge in [0.05, 0.1) is 11.0 Å². The Balaban J connectivity index is 1.25. The van der Waals surface area contributed by atoms with Crippen molar-refractivity contribution in [3.05, 3.63) is 53.6 Å². The molecule has 1 N–H and O–H groups in total. The highest BCUT2D eigenvalue weighted by molar-refractivity contribution is 5.80. The van der Waals surface area contributed by atoms with Crippen LogP contribution in [0.2, 0.25) is 0 Å². The van der Waals surface area contributed by atoms with Crippen molar-refractivity contribution >= 4 is 16.9 Å². The smallest absolute Gasteiger partial charge is 0.225 e. The summed E-state index contributed by atoms with van der Waals surface area (Å²) in [4.78, 5) is 26.2. The molecule has 5 rings (SSSR count). The minimum absolute atomic E-state index is 0.223. The fourth-order valence-electron chi connectivity index (χ4n) is 6.51. The second-order valence-corrected chi connectivity index (χ2v) is 11.5. The number of nitrogens with one attached hydrogen (secondary N) is 1. The van der Waals surface area contributed by atoms with Crippen LogP contribution in [0, 0.1) is 5.92 Å². The van der Waals surface area contributed by atoms with Crippen LogP contribution in [0.25, 0.3) is 22.4 Å². The van der Waals surface area contributed by atoms with Gasteiger partial charge in [0.2, 0.25) is 5.91 Å². The molecule has 2 aromatic carbocycles. The van der Waals surface area contributed by atoms with Gasteiger partial charge in [-0.15, -0.1) is 0 Å². The van der Waals surface area contributed by atoms with E-state index in [2.05, 4.69) is 72.2 Å². The van der Waals surface area contributed by atoms with Crippen LogP contribution in [-0.2, 0) is 11.2 Å². The summed E-state index contributed by atoms with van der Waals surface area (Å²) in [5.41, 5.74) is 6.17. The fraction of sp³-hybridized carbons (Fsp3) is 0.562. The Kier molecular flexibility index (Phi) is 8.29. The Bertz CT molecular complexity index is 1150. The molecule has 198 valence electrons. The highest BCUT2D eigenvalue weighted by Crippen LogP contribution is 2.35. The van der Waals surface area contributed by atoms with E-state index in [1.807, 2.05) is 6.07 Å². The number of aromatic nitrogens is 2. The number of aryl methyl sites for hydroxylation is 1. The SMILES string of the molecule is CCc1ccc(C2CCCCC(C(=O)N3CCC(N(C)C)C3)CCCC2)cc1-c1nc2ccccc2[nH]1. The van der Waals surface area contributed by atoms with Crippen LogP contribution in [0.4, 0.5) is 0 Å². The van der Waals surface area contributed by atoms with E-state index in [-0.39, 0.29) is 5.92 Å². The number of carbonyl (C=O) groups excluding carboxylic acids is 1. The molecule has 3 aromatic rings. The number of rotatable bonds is 5. The van der Waals surface area contributed by atoms with Crippen molar-refractivity contribution in [1.29, 1.82) is 0 Å². The number of imidazole rings is 1. The number of likely N-dealkylation sites (N-methyl/N-ethyl adjacent to an activating group) is 1. The third-order valence-electron chi connectivity index (χ3n) is 8.90. The van der Waals surface area contributed by atoms with E-state index in [0.29, 0.717) is 17.9 Å². The van der Waals surface area contributed by atoms with Crippen LogP contribution in [0.5, 0.6) is 0 Å². The van der Waals surface area contributed by atoms with E-state index < -0.39 is 0 Å². The molecule has 5 heteroatoms. The summed E-state index contributed by atoms with van der Waals surface area (Å²) in [6, 6.07) is 15.9. The summed E-state index contributed by atoms with van der Waals surface area (Å²) in [6.45, 7) is 4.07. The Morgan fingerprint density at radius 1 is 1.00 bits per heavy atom.